The largest absolute Gasteiger partial charge is 0.0925 e. The molecule has 0 amide bonds. The van der Waals surface area contributed by atoms with Crippen LogP contribution in [0.25, 0.3) is 0 Å². The van der Waals surface area contributed by atoms with Gasteiger partial charge < -0.3 is 0 Å². The van der Waals surface area contributed by atoms with E-state index in [2.05, 4.69) is 44.9 Å². The molecule has 0 nitrogen and oxygen atoms in total. The summed E-state index contributed by atoms with van der Waals surface area (Å²) in [6.45, 7) is 2.14. The van der Waals surface area contributed by atoms with Gasteiger partial charge in [0.15, 0.2) is 0 Å². The molecule has 0 rings (SSSR count). The number of hydrogen-bond donors (Lipinski definition) is 0. The number of hydrogen-bond acceptors (Lipinski definition) is 0. The lowest BCUT2D eigenvalue weighted by atomic mass is 10.2. The molecule has 0 aromatic carbocycles. The van der Waals surface area contributed by atoms with Crippen molar-refractivity contribution in [1.82, 2.24) is 0 Å². The van der Waals surface area contributed by atoms with Gasteiger partial charge in [-0.3, -0.25) is 0 Å². The molecule has 0 radical (unpaired) electrons. The monoisotopic (exact) mass is 240 g/mol. The second kappa shape index (κ2) is 5.83. The molecule has 0 saturated carbocycles. The minimum Gasteiger partial charge on any atom is -0.0925 e. The molecule has 0 spiro atoms. The maximum Gasteiger partial charge on any atom is 0.0214 e. The summed E-state index contributed by atoms with van der Waals surface area (Å²) in [6.07, 6.45) is 3.34. The summed E-state index contributed by atoms with van der Waals surface area (Å²) >= 11 is 6.69. The van der Waals surface area contributed by atoms with E-state index in [1.807, 2.05) is 0 Å². The molecule has 0 aliphatic rings. The van der Waals surface area contributed by atoms with Crippen LogP contribution in [0.3, 0.4) is 0 Å². The van der Waals surface area contributed by atoms with Gasteiger partial charge >= 0.3 is 0 Å². The smallest absolute Gasteiger partial charge is 0.0214 e. The molecule has 0 bridgehead atoms. The van der Waals surface area contributed by atoms with Gasteiger partial charge in [0.2, 0.25) is 0 Å². The molecule has 0 aliphatic heterocycles. The first-order chi connectivity index (χ1) is 3.81. The molecule has 2 heteroatoms. The molecule has 0 fully saturated rings. The molecule has 8 heavy (non-hydrogen) atoms. The van der Waals surface area contributed by atoms with Gasteiger partial charge in [-0.05, 0) is 13.3 Å². The molecular formula is C6H10Br2. The molecule has 0 unspecified atom stereocenters. The lowest BCUT2D eigenvalue weighted by Gasteiger charge is -1.91. The Bertz CT molecular complexity index is 76.6. The summed E-state index contributed by atoms with van der Waals surface area (Å²) in [5, 5.41) is 2.05. The maximum atomic E-state index is 3.36. The van der Waals surface area contributed by atoms with E-state index >= 15 is 0 Å². The van der Waals surface area contributed by atoms with Crippen LogP contribution in [0.15, 0.2) is 11.6 Å². The van der Waals surface area contributed by atoms with Gasteiger partial charge in [-0.25, -0.2) is 0 Å². The van der Waals surface area contributed by atoms with Gasteiger partial charge in [-0.1, -0.05) is 43.5 Å². The molecule has 0 atom stereocenters. The minimum atomic E-state index is 0.978. The highest BCUT2D eigenvalue weighted by Gasteiger charge is 1.83. The second-order valence-corrected chi connectivity index (χ2v) is 3.08. The zero-order valence-electron chi connectivity index (χ0n) is 4.95. The summed E-state index contributed by atoms with van der Waals surface area (Å²) in [7, 11) is 0. The van der Waals surface area contributed by atoms with Crippen LogP contribution in [-0.2, 0) is 0 Å². The van der Waals surface area contributed by atoms with Crippen molar-refractivity contribution in [2.75, 3.05) is 10.7 Å². The van der Waals surface area contributed by atoms with Crippen LogP contribution in [0.2, 0.25) is 0 Å². The SMILES string of the molecule is C/C(=C/CBr)CCBr. The Hall–Kier alpha value is 0.700. The first-order valence-electron chi connectivity index (χ1n) is 2.58. The minimum absolute atomic E-state index is 0.978. The number of halogens is 2. The highest BCUT2D eigenvalue weighted by Crippen LogP contribution is 2.02. The van der Waals surface area contributed by atoms with Crippen LogP contribution >= 0.6 is 31.9 Å². The van der Waals surface area contributed by atoms with Gasteiger partial charge in [0.05, 0.1) is 0 Å². The van der Waals surface area contributed by atoms with Crippen LogP contribution < -0.4 is 0 Å². The highest BCUT2D eigenvalue weighted by molar-refractivity contribution is 9.09. The predicted molar refractivity (Wildman–Crippen MR) is 46.0 cm³/mol. The molecule has 48 valence electrons. The average Bonchev–Trinajstić information content (AvgIpc) is 1.68. The summed E-state index contributed by atoms with van der Waals surface area (Å²) in [5.74, 6) is 0. The van der Waals surface area contributed by atoms with E-state index in [0.29, 0.717) is 0 Å². The Morgan fingerprint density at radius 3 is 2.50 bits per heavy atom. The second-order valence-electron chi connectivity index (χ2n) is 1.64. The number of rotatable bonds is 3. The lowest BCUT2D eigenvalue weighted by Crippen LogP contribution is -1.77. The van der Waals surface area contributed by atoms with Crippen LogP contribution in [0.5, 0.6) is 0 Å². The Kier molecular flexibility index (Phi) is 6.34. The number of alkyl halides is 2. The third-order valence-electron chi connectivity index (χ3n) is 0.914. The van der Waals surface area contributed by atoms with Crippen molar-refractivity contribution in [1.29, 1.82) is 0 Å². The van der Waals surface area contributed by atoms with Crippen LogP contribution in [0, 0.1) is 0 Å². The zero-order valence-corrected chi connectivity index (χ0v) is 8.13. The molecule has 0 N–H and O–H groups in total. The predicted octanol–water partition coefficient (Wildman–Crippen LogP) is 3.11. The summed E-state index contributed by atoms with van der Waals surface area (Å²) in [5.41, 5.74) is 1.44. The third kappa shape index (κ3) is 4.85. The van der Waals surface area contributed by atoms with Gasteiger partial charge in [-0.2, -0.15) is 0 Å². The first-order valence-corrected chi connectivity index (χ1v) is 4.83. The molecule has 0 saturated heterocycles. The summed E-state index contributed by atoms with van der Waals surface area (Å²) < 4.78 is 0. The van der Waals surface area contributed by atoms with E-state index in [0.717, 1.165) is 17.1 Å². The van der Waals surface area contributed by atoms with Crippen molar-refractivity contribution in [2.45, 2.75) is 13.3 Å². The first kappa shape index (κ1) is 8.70. The van der Waals surface area contributed by atoms with E-state index in [1.165, 1.54) is 5.57 Å². The Balaban J connectivity index is 3.29. The third-order valence-corrected chi connectivity index (χ3v) is 1.63. The lowest BCUT2D eigenvalue weighted by molar-refractivity contribution is 1.12. The normalized spacial score (nSPS) is 12.1. The highest BCUT2D eigenvalue weighted by atomic mass is 79.9. The Morgan fingerprint density at radius 1 is 1.50 bits per heavy atom. The van der Waals surface area contributed by atoms with Crippen molar-refractivity contribution in [3.8, 4) is 0 Å². The van der Waals surface area contributed by atoms with E-state index < -0.39 is 0 Å². The van der Waals surface area contributed by atoms with Crippen molar-refractivity contribution in [3.05, 3.63) is 11.6 Å². The van der Waals surface area contributed by atoms with Crippen molar-refractivity contribution >= 4 is 31.9 Å². The Morgan fingerprint density at radius 2 is 2.12 bits per heavy atom. The van der Waals surface area contributed by atoms with E-state index in [1.54, 1.807) is 0 Å². The van der Waals surface area contributed by atoms with E-state index in [9.17, 15) is 0 Å². The fraction of sp³-hybridized carbons (Fsp3) is 0.667. The average molecular weight is 242 g/mol. The fourth-order valence-electron chi connectivity index (χ4n) is 0.383. The molecule has 0 heterocycles. The zero-order chi connectivity index (χ0) is 6.41. The van der Waals surface area contributed by atoms with Gasteiger partial charge in [0.1, 0.15) is 0 Å². The fourth-order valence-corrected chi connectivity index (χ4v) is 1.56. The topological polar surface area (TPSA) is 0 Å². The van der Waals surface area contributed by atoms with Gasteiger partial charge in [0, 0.05) is 10.7 Å². The van der Waals surface area contributed by atoms with Crippen LogP contribution in [0.1, 0.15) is 13.3 Å². The molecule has 0 aliphatic carbocycles. The summed E-state index contributed by atoms with van der Waals surface area (Å²) in [6, 6.07) is 0. The van der Waals surface area contributed by atoms with E-state index in [4.69, 9.17) is 0 Å². The quantitative estimate of drug-likeness (QED) is 0.526. The van der Waals surface area contributed by atoms with Gasteiger partial charge in [0.25, 0.3) is 0 Å². The van der Waals surface area contributed by atoms with Crippen molar-refractivity contribution in [3.63, 3.8) is 0 Å². The molecular weight excluding hydrogens is 232 g/mol. The Labute approximate surface area is 67.6 Å². The molecule has 0 aromatic heterocycles. The standard InChI is InChI=1S/C6H10Br2/c1-6(2-4-7)3-5-8/h2H,3-5H2,1H3/b6-2-. The van der Waals surface area contributed by atoms with Crippen LogP contribution in [-0.4, -0.2) is 10.7 Å². The molecule has 0 aromatic rings. The van der Waals surface area contributed by atoms with Crippen molar-refractivity contribution in [2.24, 2.45) is 0 Å². The van der Waals surface area contributed by atoms with E-state index in [-0.39, 0.29) is 0 Å². The summed E-state index contributed by atoms with van der Waals surface area (Å²) in [4.78, 5) is 0. The maximum absolute atomic E-state index is 3.36. The van der Waals surface area contributed by atoms with Gasteiger partial charge in [-0.15, -0.1) is 0 Å². The number of allylic oxidation sites excluding steroid dienone is 2. The van der Waals surface area contributed by atoms with Crippen LogP contribution in [0.4, 0.5) is 0 Å². The van der Waals surface area contributed by atoms with Crippen molar-refractivity contribution < 1.29 is 0 Å².